The van der Waals surface area contributed by atoms with Crippen molar-refractivity contribution in [3.63, 3.8) is 0 Å². The molecule has 1 aromatic carbocycles. The van der Waals surface area contributed by atoms with E-state index in [1.54, 1.807) is 13.2 Å². The molecule has 3 N–H and O–H groups in total. The molecule has 2 fully saturated rings. The fourth-order valence-electron chi connectivity index (χ4n) is 4.53. The number of hydrogen-bond donors (Lipinski definition) is 2. The number of ether oxygens (including phenoxy) is 1. The molecular formula is C22H32ClN7O. The average molecular weight is 446 g/mol. The number of halogens is 1. The quantitative estimate of drug-likeness (QED) is 0.613. The van der Waals surface area contributed by atoms with Crippen LogP contribution in [0.2, 0.25) is 5.02 Å². The van der Waals surface area contributed by atoms with Crippen LogP contribution in [-0.2, 0) is 0 Å². The molecule has 8 nitrogen and oxygen atoms in total. The third-order valence-corrected chi connectivity index (χ3v) is 6.36. The minimum absolute atomic E-state index is 0.211. The van der Waals surface area contributed by atoms with Crippen molar-refractivity contribution >= 4 is 35.1 Å². The molecule has 168 valence electrons. The number of methoxy groups -OCH3 is 1. The molecule has 0 amide bonds. The van der Waals surface area contributed by atoms with Crippen molar-refractivity contribution < 1.29 is 4.74 Å². The number of aromatic nitrogens is 3. The third-order valence-electron chi connectivity index (χ3n) is 6.06. The molecule has 1 saturated heterocycles. The Hall–Kier alpha value is -2.32. The average Bonchev–Trinajstić information content (AvgIpc) is 3.04. The maximum Gasteiger partial charge on any atom is 0.247 e. The van der Waals surface area contributed by atoms with Gasteiger partial charge in [0.05, 0.1) is 12.1 Å². The van der Waals surface area contributed by atoms with Gasteiger partial charge in [-0.2, -0.15) is 15.0 Å². The first-order valence-corrected chi connectivity index (χ1v) is 11.7. The van der Waals surface area contributed by atoms with E-state index in [9.17, 15) is 0 Å². The summed E-state index contributed by atoms with van der Waals surface area (Å²) in [7, 11) is 1.59. The van der Waals surface area contributed by atoms with Gasteiger partial charge in [-0.3, -0.25) is 5.01 Å². The van der Waals surface area contributed by atoms with E-state index in [2.05, 4.69) is 25.3 Å². The topological polar surface area (TPSA) is 92.4 Å². The molecule has 2 heterocycles. The maximum atomic E-state index is 6.27. The minimum Gasteiger partial charge on any atom is -0.495 e. The molecule has 9 heteroatoms. The Morgan fingerprint density at radius 3 is 2.42 bits per heavy atom. The largest absolute Gasteiger partial charge is 0.495 e. The molecule has 1 aromatic heterocycles. The standard InChI is InChI=1S/C22H32ClN7O/c1-31-19-12-11-16(15-18(19)23)25-21-26-20(24)27-22(28-21)30(29-13-7-4-8-14-29)17-9-5-2-3-6-10-17/h11-12,15,17H,2-10,13-14H2,1H3,(H3,24,25,26,27,28). The zero-order valence-corrected chi connectivity index (χ0v) is 18.9. The fraction of sp³-hybridized carbons (Fsp3) is 0.591. The van der Waals surface area contributed by atoms with Crippen LogP contribution in [0.15, 0.2) is 18.2 Å². The number of hydrazine groups is 1. The van der Waals surface area contributed by atoms with Gasteiger partial charge in [-0.1, -0.05) is 43.7 Å². The normalized spacial score (nSPS) is 18.4. The smallest absolute Gasteiger partial charge is 0.247 e. The Kier molecular flexibility index (Phi) is 7.29. The van der Waals surface area contributed by atoms with Gasteiger partial charge in [0.2, 0.25) is 17.8 Å². The molecule has 0 radical (unpaired) electrons. The highest BCUT2D eigenvalue weighted by Gasteiger charge is 2.29. The number of benzene rings is 1. The van der Waals surface area contributed by atoms with Crippen molar-refractivity contribution in [3.05, 3.63) is 23.2 Å². The predicted molar refractivity (Wildman–Crippen MR) is 125 cm³/mol. The highest BCUT2D eigenvalue weighted by molar-refractivity contribution is 6.32. The van der Waals surface area contributed by atoms with Gasteiger partial charge in [0.15, 0.2) is 0 Å². The van der Waals surface area contributed by atoms with Crippen molar-refractivity contribution in [1.82, 2.24) is 20.0 Å². The van der Waals surface area contributed by atoms with Crippen LogP contribution in [0, 0.1) is 0 Å². The van der Waals surface area contributed by atoms with Gasteiger partial charge in [-0.15, -0.1) is 0 Å². The molecule has 0 spiro atoms. The van der Waals surface area contributed by atoms with Crippen LogP contribution in [0.25, 0.3) is 0 Å². The Morgan fingerprint density at radius 2 is 1.74 bits per heavy atom. The van der Waals surface area contributed by atoms with Crippen LogP contribution < -0.4 is 20.8 Å². The van der Waals surface area contributed by atoms with E-state index in [-0.39, 0.29) is 5.95 Å². The van der Waals surface area contributed by atoms with E-state index in [4.69, 9.17) is 27.1 Å². The van der Waals surface area contributed by atoms with E-state index in [0.29, 0.717) is 28.7 Å². The van der Waals surface area contributed by atoms with E-state index >= 15 is 0 Å². The summed E-state index contributed by atoms with van der Waals surface area (Å²) >= 11 is 6.27. The van der Waals surface area contributed by atoms with Gasteiger partial charge in [0.25, 0.3) is 0 Å². The SMILES string of the molecule is COc1ccc(Nc2nc(N)nc(N(C3CCCCCC3)N3CCCCC3)n2)cc1Cl. The van der Waals surface area contributed by atoms with Crippen LogP contribution in [0.1, 0.15) is 57.8 Å². The predicted octanol–water partition coefficient (Wildman–Crippen LogP) is 4.79. The monoisotopic (exact) mass is 445 g/mol. The summed E-state index contributed by atoms with van der Waals surface area (Å²) < 4.78 is 5.23. The Balaban J connectivity index is 1.63. The molecule has 2 aromatic rings. The van der Waals surface area contributed by atoms with Gasteiger partial charge >= 0.3 is 0 Å². The van der Waals surface area contributed by atoms with Gasteiger partial charge in [0, 0.05) is 24.8 Å². The molecule has 1 aliphatic carbocycles. The second-order valence-corrected chi connectivity index (χ2v) is 8.70. The van der Waals surface area contributed by atoms with Gasteiger partial charge in [-0.05, 0) is 43.9 Å². The zero-order chi connectivity index (χ0) is 21.6. The van der Waals surface area contributed by atoms with Crippen LogP contribution >= 0.6 is 11.6 Å². The molecule has 0 bridgehead atoms. The van der Waals surface area contributed by atoms with Gasteiger partial charge in [-0.25, -0.2) is 5.01 Å². The lowest BCUT2D eigenvalue weighted by Crippen LogP contribution is -2.52. The number of hydrogen-bond acceptors (Lipinski definition) is 8. The van der Waals surface area contributed by atoms with Crippen molar-refractivity contribution in [2.24, 2.45) is 0 Å². The number of nitrogens with two attached hydrogens (primary N) is 1. The van der Waals surface area contributed by atoms with Crippen molar-refractivity contribution in [2.75, 3.05) is 36.3 Å². The van der Waals surface area contributed by atoms with Gasteiger partial charge < -0.3 is 15.8 Å². The van der Waals surface area contributed by atoms with Crippen LogP contribution in [0.4, 0.5) is 23.5 Å². The van der Waals surface area contributed by atoms with Crippen molar-refractivity contribution in [2.45, 2.75) is 63.8 Å². The maximum absolute atomic E-state index is 6.27. The second kappa shape index (κ2) is 10.3. The molecule has 31 heavy (non-hydrogen) atoms. The summed E-state index contributed by atoms with van der Waals surface area (Å²) in [4.78, 5) is 13.7. The molecule has 0 unspecified atom stereocenters. The second-order valence-electron chi connectivity index (χ2n) is 8.30. The van der Waals surface area contributed by atoms with E-state index in [1.807, 2.05) is 12.1 Å². The third kappa shape index (κ3) is 5.49. The molecule has 1 saturated carbocycles. The number of nitrogens with one attached hydrogen (secondary N) is 1. The summed E-state index contributed by atoms with van der Waals surface area (Å²) in [6, 6.07) is 5.86. The lowest BCUT2D eigenvalue weighted by molar-refractivity contribution is 0.177. The summed E-state index contributed by atoms with van der Waals surface area (Å²) in [6.45, 7) is 2.05. The number of piperidine rings is 1. The molecule has 0 atom stereocenters. The van der Waals surface area contributed by atoms with Crippen molar-refractivity contribution in [3.8, 4) is 5.75 Å². The summed E-state index contributed by atoms with van der Waals surface area (Å²) in [5.74, 6) is 1.87. The number of nitrogen functional groups attached to an aromatic ring is 1. The lowest BCUT2D eigenvalue weighted by atomic mass is 10.1. The molecule has 1 aliphatic heterocycles. The summed E-state index contributed by atoms with van der Waals surface area (Å²) in [5, 5.41) is 8.47. The highest BCUT2D eigenvalue weighted by atomic mass is 35.5. The molecule has 2 aliphatic rings. The van der Waals surface area contributed by atoms with Crippen molar-refractivity contribution in [1.29, 1.82) is 0 Å². The minimum atomic E-state index is 0.211. The van der Waals surface area contributed by atoms with Crippen LogP contribution in [-0.4, -0.2) is 46.2 Å². The highest BCUT2D eigenvalue weighted by Crippen LogP contribution is 2.31. The Labute approximate surface area is 189 Å². The van der Waals surface area contributed by atoms with Crippen LogP contribution in [0.3, 0.4) is 0 Å². The van der Waals surface area contributed by atoms with E-state index < -0.39 is 0 Å². The fourth-order valence-corrected chi connectivity index (χ4v) is 4.79. The number of nitrogens with zero attached hydrogens (tertiary/aromatic N) is 5. The van der Waals surface area contributed by atoms with E-state index in [1.165, 1.54) is 44.9 Å². The molecular weight excluding hydrogens is 414 g/mol. The zero-order valence-electron chi connectivity index (χ0n) is 18.2. The first-order chi connectivity index (χ1) is 15.1. The summed E-state index contributed by atoms with van der Waals surface area (Å²) in [5.41, 5.74) is 6.89. The molecule has 4 rings (SSSR count). The first kappa shape index (κ1) is 21.9. The Bertz CT molecular complexity index is 867. The summed E-state index contributed by atoms with van der Waals surface area (Å²) in [6.07, 6.45) is 11.1. The number of anilines is 4. The van der Waals surface area contributed by atoms with Gasteiger partial charge in [0.1, 0.15) is 5.75 Å². The Morgan fingerprint density at radius 1 is 1.03 bits per heavy atom. The lowest BCUT2D eigenvalue weighted by Gasteiger charge is -2.42. The van der Waals surface area contributed by atoms with Crippen LogP contribution in [0.5, 0.6) is 5.75 Å². The van der Waals surface area contributed by atoms with E-state index in [0.717, 1.165) is 31.6 Å². The number of rotatable bonds is 6. The first-order valence-electron chi connectivity index (χ1n) is 11.3.